The number of aliphatic hydroxyl groups excluding tert-OH is 2. The summed E-state index contributed by atoms with van der Waals surface area (Å²) in [5.41, 5.74) is 5.42. The van der Waals surface area contributed by atoms with Crippen molar-refractivity contribution in [1.29, 1.82) is 0 Å². The van der Waals surface area contributed by atoms with E-state index in [0.717, 1.165) is 0 Å². The minimum atomic E-state index is -0.123. The molecule has 0 aliphatic rings. The molecular weight excluding hydrogens is 232 g/mol. The predicted molar refractivity (Wildman–Crippen MR) is 62.2 cm³/mol. The number of nitrogens with two attached hydrogens (primary N) is 1. The number of rotatable bonds is 6. The van der Waals surface area contributed by atoms with Gasteiger partial charge in [-0.1, -0.05) is 11.6 Å². The Hall–Kier alpha value is -1.11. The highest BCUT2D eigenvalue weighted by molar-refractivity contribution is 6.29. The lowest BCUT2D eigenvalue weighted by Gasteiger charge is -2.11. The summed E-state index contributed by atoms with van der Waals surface area (Å²) in [5.74, 6) is 0.519. The Morgan fingerprint density at radius 3 is 2.62 bits per heavy atom. The van der Waals surface area contributed by atoms with Crippen molar-refractivity contribution in [3.63, 3.8) is 0 Å². The van der Waals surface area contributed by atoms with Crippen LogP contribution in [0.2, 0.25) is 5.15 Å². The van der Waals surface area contributed by atoms with Crippen LogP contribution in [0.3, 0.4) is 0 Å². The number of aromatic nitrogens is 2. The fourth-order valence-electron chi connectivity index (χ4n) is 1.17. The normalized spacial score (nSPS) is 10.8. The lowest BCUT2D eigenvalue weighted by atomic mass is 10.1. The van der Waals surface area contributed by atoms with Crippen LogP contribution in [0, 0.1) is 5.92 Å². The molecular formula is C9H15ClN4O2. The molecule has 90 valence electrons. The number of hydrogen-bond donors (Lipinski definition) is 4. The molecule has 0 aliphatic heterocycles. The molecule has 0 aliphatic carbocycles. The molecule has 0 bridgehead atoms. The van der Waals surface area contributed by atoms with Crippen molar-refractivity contribution in [3.8, 4) is 0 Å². The third-order valence-electron chi connectivity index (χ3n) is 2.09. The van der Waals surface area contributed by atoms with Crippen LogP contribution in [0.15, 0.2) is 6.07 Å². The molecule has 16 heavy (non-hydrogen) atoms. The second-order valence-corrected chi connectivity index (χ2v) is 3.77. The third-order valence-corrected chi connectivity index (χ3v) is 2.28. The second-order valence-electron chi connectivity index (χ2n) is 3.38. The topological polar surface area (TPSA) is 104 Å². The average Bonchev–Trinajstić information content (AvgIpc) is 2.23. The maximum atomic E-state index is 8.86. The second kappa shape index (κ2) is 6.47. The van der Waals surface area contributed by atoms with Crippen molar-refractivity contribution in [2.45, 2.75) is 6.42 Å². The van der Waals surface area contributed by atoms with Crippen LogP contribution < -0.4 is 11.1 Å². The average molecular weight is 247 g/mol. The van der Waals surface area contributed by atoms with Gasteiger partial charge >= 0.3 is 0 Å². The van der Waals surface area contributed by atoms with Crippen LogP contribution >= 0.6 is 11.6 Å². The van der Waals surface area contributed by atoms with Gasteiger partial charge in [0, 0.05) is 31.7 Å². The Bertz CT molecular complexity index is 313. The summed E-state index contributed by atoms with van der Waals surface area (Å²) in [5, 5.41) is 21.0. The molecule has 0 atom stereocenters. The standard InChI is InChI=1S/C9H15ClN4O2/c10-7-3-8(14-9(11)13-7)12-2-1-6(4-15)5-16/h3,6,15-16H,1-2,4-5H2,(H3,11,12,13,14). The molecule has 5 N–H and O–H groups in total. The lowest BCUT2D eigenvalue weighted by Crippen LogP contribution is -2.16. The zero-order valence-electron chi connectivity index (χ0n) is 8.73. The number of nitrogens with one attached hydrogen (secondary N) is 1. The molecule has 1 aromatic heterocycles. The molecule has 6 nitrogen and oxygen atoms in total. The van der Waals surface area contributed by atoms with Crippen molar-refractivity contribution >= 4 is 23.4 Å². The Morgan fingerprint density at radius 1 is 1.38 bits per heavy atom. The number of aliphatic hydroxyl groups is 2. The van der Waals surface area contributed by atoms with E-state index in [1.54, 1.807) is 6.07 Å². The first-order valence-electron chi connectivity index (χ1n) is 4.91. The van der Waals surface area contributed by atoms with Gasteiger partial charge in [0.05, 0.1) is 0 Å². The zero-order chi connectivity index (χ0) is 12.0. The van der Waals surface area contributed by atoms with Crippen LogP contribution in [-0.2, 0) is 0 Å². The Balaban J connectivity index is 2.42. The molecule has 1 rings (SSSR count). The molecule has 0 unspecified atom stereocenters. The van der Waals surface area contributed by atoms with Gasteiger partial charge in [-0.2, -0.15) is 4.98 Å². The van der Waals surface area contributed by atoms with Crippen molar-refractivity contribution in [3.05, 3.63) is 11.2 Å². The van der Waals surface area contributed by atoms with E-state index in [4.69, 9.17) is 27.5 Å². The highest BCUT2D eigenvalue weighted by Crippen LogP contribution is 2.12. The number of nitrogen functional groups attached to an aromatic ring is 1. The van der Waals surface area contributed by atoms with Gasteiger partial charge in [-0.3, -0.25) is 0 Å². The first kappa shape index (κ1) is 13.0. The maximum Gasteiger partial charge on any atom is 0.223 e. The maximum absolute atomic E-state index is 8.86. The van der Waals surface area contributed by atoms with Gasteiger partial charge in [0.25, 0.3) is 0 Å². The van der Waals surface area contributed by atoms with E-state index in [9.17, 15) is 0 Å². The van der Waals surface area contributed by atoms with Gasteiger partial charge in [0.15, 0.2) is 0 Å². The van der Waals surface area contributed by atoms with E-state index in [0.29, 0.717) is 18.8 Å². The Morgan fingerprint density at radius 2 is 2.06 bits per heavy atom. The largest absolute Gasteiger partial charge is 0.396 e. The van der Waals surface area contributed by atoms with Gasteiger partial charge in [-0.15, -0.1) is 0 Å². The van der Waals surface area contributed by atoms with Crippen LogP contribution in [0.4, 0.5) is 11.8 Å². The van der Waals surface area contributed by atoms with Gasteiger partial charge < -0.3 is 21.3 Å². The van der Waals surface area contributed by atoms with E-state index in [-0.39, 0.29) is 30.2 Å². The summed E-state index contributed by atoms with van der Waals surface area (Å²) in [6.45, 7) is 0.494. The molecule has 0 radical (unpaired) electrons. The molecule has 1 heterocycles. The number of halogens is 1. The minimum Gasteiger partial charge on any atom is -0.396 e. The SMILES string of the molecule is Nc1nc(Cl)cc(NCCC(CO)CO)n1. The fourth-order valence-corrected chi connectivity index (χ4v) is 1.36. The van der Waals surface area contributed by atoms with Gasteiger partial charge in [-0.25, -0.2) is 4.98 Å². The number of hydrogen-bond acceptors (Lipinski definition) is 6. The van der Waals surface area contributed by atoms with Gasteiger partial charge in [-0.05, 0) is 6.42 Å². The molecule has 0 saturated heterocycles. The van der Waals surface area contributed by atoms with Gasteiger partial charge in [0.2, 0.25) is 5.95 Å². The minimum absolute atomic E-state index is 0.0369. The van der Waals surface area contributed by atoms with Crippen molar-refractivity contribution < 1.29 is 10.2 Å². The quantitative estimate of drug-likeness (QED) is 0.532. The highest BCUT2D eigenvalue weighted by atomic mass is 35.5. The Labute approximate surface area is 98.5 Å². The Kier molecular flexibility index (Phi) is 5.24. The van der Waals surface area contributed by atoms with Crippen molar-refractivity contribution in [2.24, 2.45) is 5.92 Å². The molecule has 0 aromatic carbocycles. The summed E-state index contributed by atoms with van der Waals surface area (Å²) < 4.78 is 0. The van der Waals surface area contributed by atoms with Crippen LogP contribution in [0.1, 0.15) is 6.42 Å². The summed E-state index contributed by atoms with van der Waals surface area (Å²) in [6, 6.07) is 1.56. The smallest absolute Gasteiger partial charge is 0.223 e. The summed E-state index contributed by atoms with van der Waals surface area (Å²) >= 11 is 5.70. The summed E-state index contributed by atoms with van der Waals surface area (Å²) in [6.07, 6.45) is 0.633. The lowest BCUT2D eigenvalue weighted by molar-refractivity contribution is 0.146. The predicted octanol–water partition coefficient (Wildman–Crippen LogP) is 0.115. The first-order valence-corrected chi connectivity index (χ1v) is 5.29. The fraction of sp³-hybridized carbons (Fsp3) is 0.556. The number of anilines is 2. The zero-order valence-corrected chi connectivity index (χ0v) is 9.48. The monoisotopic (exact) mass is 246 g/mol. The van der Waals surface area contributed by atoms with E-state index >= 15 is 0 Å². The van der Waals surface area contributed by atoms with Crippen molar-refractivity contribution in [1.82, 2.24) is 9.97 Å². The summed E-state index contributed by atoms with van der Waals surface area (Å²) in [7, 11) is 0. The van der Waals surface area contributed by atoms with E-state index in [1.807, 2.05) is 0 Å². The highest BCUT2D eigenvalue weighted by Gasteiger charge is 2.05. The first-order chi connectivity index (χ1) is 7.65. The van der Waals surface area contributed by atoms with E-state index < -0.39 is 0 Å². The molecule has 7 heteroatoms. The van der Waals surface area contributed by atoms with Crippen molar-refractivity contribution in [2.75, 3.05) is 30.8 Å². The molecule has 0 fully saturated rings. The van der Waals surface area contributed by atoms with E-state index in [1.165, 1.54) is 0 Å². The molecule has 0 spiro atoms. The molecule has 0 amide bonds. The van der Waals surface area contributed by atoms with E-state index in [2.05, 4.69) is 15.3 Å². The summed E-state index contributed by atoms with van der Waals surface area (Å²) in [4.78, 5) is 7.65. The van der Waals surface area contributed by atoms with Crippen LogP contribution in [0.5, 0.6) is 0 Å². The van der Waals surface area contributed by atoms with Crippen LogP contribution in [0.25, 0.3) is 0 Å². The molecule has 0 saturated carbocycles. The number of nitrogens with zero attached hydrogens (tertiary/aromatic N) is 2. The molecule has 1 aromatic rings. The van der Waals surface area contributed by atoms with Gasteiger partial charge in [0.1, 0.15) is 11.0 Å². The van der Waals surface area contributed by atoms with Crippen LogP contribution in [-0.4, -0.2) is 39.9 Å². The third kappa shape index (κ3) is 4.18.